The van der Waals surface area contributed by atoms with E-state index in [2.05, 4.69) is 35.1 Å². The first kappa shape index (κ1) is 23.3. The van der Waals surface area contributed by atoms with Crippen molar-refractivity contribution in [2.75, 3.05) is 14.1 Å². The van der Waals surface area contributed by atoms with Crippen molar-refractivity contribution >= 4 is 16.6 Å². The third-order valence-corrected chi connectivity index (χ3v) is 11.0. The molecule has 9 unspecified atom stereocenters. The first-order valence-electron chi connectivity index (χ1n) is 13.2. The Bertz CT molecular complexity index is 1280. The maximum Gasteiger partial charge on any atom is 0.171 e. The summed E-state index contributed by atoms with van der Waals surface area (Å²) in [6, 6.07) is 5.75. The Labute approximate surface area is 209 Å². The largest absolute Gasteiger partial charge is 0.389 e. The number of imidazole rings is 1. The summed E-state index contributed by atoms with van der Waals surface area (Å²) < 4.78 is 40.9. The molecule has 3 N–H and O–H groups in total. The van der Waals surface area contributed by atoms with E-state index in [4.69, 9.17) is 4.74 Å². The number of alkyl halides is 2. The lowest BCUT2D eigenvalue weighted by molar-refractivity contribution is -0.347. The zero-order valence-electron chi connectivity index (χ0n) is 21.1. The molecule has 3 aliphatic carbocycles. The molecule has 2 bridgehead atoms. The number of hydrogen-bond acceptors (Lipinski definition) is 5. The van der Waals surface area contributed by atoms with Gasteiger partial charge in [0.15, 0.2) is 5.67 Å². The van der Waals surface area contributed by atoms with Gasteiger partial charge in [-0.2, -0.15) is 0 Å². The average molecular weight is 500 g/mol. The number of allylic oxidation sites excluding steroid dienone is 2. The highest BCUT2D eigenvalue weighted by Crippen LogP contribution is 2.74. The number of aliphatic hydroxyl groups is 2. The van der Waals surface area contributed by atoms with Crippen LogP contribution in [0.2, 0.25) is 0 Å². The minimum atomic E-state index is -2.32. The third kappa shape index (κ3) is 2.52. The summed E-state index contributed by atoms with van der Waals surface area (Å²) in [5.74, 6) is -0.123. The Morgan fingerprint density at radius 1 is 1.14 bits per heavy atom. The Morgan fingerprint density at radius 2 is 1.94 bits per heavy atom. The lowest BCUT2D eigenvalue weighted by Crippen LogP contribution is -2.78. The van der Waals surface area contributed by atoms with Gasteiger partial charge in [0.2, 0.25) is 0 Å². The number of hydrogen-bond donors (Lipinski definition) is 3. The van der Waals surface area contributed by atoms with E-state index in [0.717, 1.165) is 16.6 Å². The number of nitrogens with zero attached hydrogens (tertiary/aromatic N) is 2. The molecule has 5 aliphatic rings. The summed E-state index contributed by atoms with van der Waals surface area (Å²) in [5.41, 5.74) is -2.75. The van der Waals surface area contributed by atoms with Crippen molar-refractivity contribution in [2.24, 2.45) is 11.3 Å². The second-order valence-corrected chi connectivity index (χ2v) is 12.6. The quantitative estimate of drug-likeness (QED) is 0.584. The number of aromatic amines is 1. The molecule has 2 saturated heterocycles. The van der Waals surface area contributed by atoms with Gasteiger partial charge < -0.3 is 24.8 Å². The molecule has 2 spiro atoms. The molecular formula is C28H35F2N3O3. The van der Waals surface area contributed by atoms with Crippen LogP contribution in [-0.2, 0) is 4.74 Å². The van der Waals surface area contributed by atoms with E-state index in [1.807, 2.05) is 25.1 Å². The summed E-state index contributed by atoms with van der Waals surface area (Å²) in [5, 5.41) is 21.9. The Morgan fingerprint density at radius 3 is 2.72 bits per heavy atom. The molecule has 8 heteroatoms. The van der Waals surface area contributed by atoms with Gasteiger partial charge in [0.05, 0.1) is 23.5 Å². The van der Waals surface area contributed by atoms with Crippen LogP contribution in [-0.4, -0.2) is 80.0 Å². The zero-order chi connectivity index (χ0) is 25.3. The van der Waals surface area contributed by atoms with Gasteiger partial charge in [0.25, 0.3) is 0 Å². The molecule has 2 aromatic rings. The van der Waals surface area contributed by atoms with Crippen molar-refractivity contribution in [1.29, 1.82) is 0 Å². The highest BCUT2D eigenvalue weighted by Gasteiger charge is 2.82. The molecular weight excluding hydrogens is 464 g/mol. The molecule has 0 radical (unpaired) electrons. The van der Waals surface area contributed by atoms with Crippen LogP contribution in [0.5, 0.6) is 0 Å². The SMILES string of the molecule is CN(C)C1CC23CCC4(O2)C2CC=C(c5ccc6nc[nH]c6c5)C2(C)CCC4(F)CC3(F)C(O)C1O. The summed E-state index contributed by atoms with van der Waals surface area (Å²) in [6.45, 7) is 2.22. The third-order valence-electron chi connectivity index (χ3n) is 11.0. The molecule has 9 atom stereocenters. The summed E-state index contributed by atoms with van der Waals surface area (Å²) in [7, 11) is 3.63. The van der Waals surface area contributed by atoms with Crippen LogP contribution in [0.3, 0.4) is 0 Å². The predicted molar refractivity (Wildman–Crippen MR) is 132 cm³/mol. The fourth-order valence-corrected chi connectivity index (χ4v) is 9.08. The monoisotopic (exact) mass is 499 g/mol. The van der Waals surface area contributed by atoms with Crippen LogP contribution in [0, 0.1) is 11.3 Å². The fourth-order valence-electron chi connectivity index (χ4n) is 9.08. The standard InChI is InChI=1S/C28H35F2N3O3/c1-24-8-9-25(29)14-27(30)23(35)22(34)20(33(2)3)13-26(27)10-11-28(25,36-26)21(24)7-5-17(24)16-4-6-18-19(12-16)32-15-31-18/h4-6,12,15,20-23,34-35H,7-11,13-14H2,1-3H3,(H,31,32). The van der Waals surface area contributed by atoms with E-state index >= 15 is 8.78 Å². The van der Waals surface area contributed by atoms with Gasteiger partial charge in [0, 0.05) is 18.4 Å². The van der Waals surface area contributed by atoms with E-state index < -0.39 is 47.2 Å². The van der Waals surface area contributed by atoms with Gasteiger partial charge in [-0.1, -0.05) is 19.1 Å². The van der Waals surface area contributed by atoms with Crippen LogP contribution in [0.1, 0.15) is 57.4 Å². The molecule has 3 heterocycles. The molecule has 2 aliphatic heterocycles. The number of benzene rings is 1. The second-order valence-electron chi connectivity index (χ2n) is 12.6. The first-order valence-corrected chi connectivity index (χ1v) is 13.2. The van der Waals surface area contributed by atoms with Crippen LogP contribution in [0.4, 0.5) is 8.78 Å². The molecule has 0 amide bonds. The number of nitrogens with one attached hydrogen (secondary N) is 1. The van der Waals surface area contributed by atoms with Gasteiger partial charge in [-0.05, 0) is 81.3 Å². The van der Waals surface area contributed by atoms with Crippen molar-refractivity contribution in [3.05, 3.63) is 36.2 Å². The zero-order valence-corrected chi connectivity index (χ0v) is 21.1. The first-order chi connectivity index (χ1) is 17.0. The summed E-state index contributed by atoms with van der Waals surface area (Å²) in [6.07, 6.45) is 2.98. The maximum atomic E-state index is 17.2. The van der Waals surface area contributed by atoms with Gasteiger partial charge in [-0.3, -0.25) is 0 Å². The molecule has 36 heavy (non-hydrogen) atoms. The number of rotatable bonds is 2. The van der Waals surface area contributed by atoms with Crippen LogP contribution >= 0.6 is 0 Å². The predicted octanol–water partition coefficient (Wildman–Crippen LogP) is 3.93. The number of H-pyrrole nitrogens is 1. The molecule has 7 rings (SSSR count). The van der Waals surface area contributed by atoms with E-state index in [9.17, 15) is 10.2 Å². The van der Waals surface area contributed by atoms with Crippen molar-refractivity contribution < 1.29 is 23.7 Å². The van der Waals surface area contributed by atoms with Gasteiger partial charge >= 0.3 is 0 Å². The van der Waals surface area contributed by atoms with Crippen LogP contribution in [0.25, 0.3) is 16.6 Å². The fraction of sp³-hybridized carbons (Fsp3) is 0.679. The van der Waals surface area contributed by atoms with Gasteiger partial charge in [-0.15, -0.1) is 0 Å². The smallest absolute Gasteiger partial charge is 0.171 e. The minimum Gasteiger partial charge on any atom is -0.389 e. The van der Waals surface area contributed by atoms with Crippen molar-refractivity contribution in [3.8, 4) is 0 Å². The van der Waals surface area contributed by atoms with E-state index in [0.29, 0.717) is 25.7 Å². The lowest BCUT2D eigenvalue weighted by Gasteiger charge is -2.65. The number of aromatic nitrogens is 2. The topological polar surface area (TPSA) is 81.6 Å². The lowest BCUT2D eigenvalue weighted by atomic mass is 9.51. The van der Waals surface area contributed by atoms with Gasteiger partial charge in [-0.25, -0.2) is 13.8 Å². The molecule has 6 nitrogen and oxygen atoms in total. The Kier molecular flexibility index (Phi) is 4.49. The number of fused-ring (bicyclic) bond motifs is 2. The van der Waals surface area contributed by atoms with E-state index in [1.165, 1.54) is 5.57 Å². The normalized spacial score (nSPS) is 49.6. The molecule has 2 saturated carbocycles. The molecule has 4 fully saturated rings. The van der Waals surface area contributed by atoms with E-state index in [1.54, 1.807) is 6.33 Å². The van der Waals surface area contributed by atoms with Crippen molar-refractivity contribution in [2.45, 2.75) is 92.7 Å². The molecule has 1 aromatic carbocycles. The molecule has 194 valence electrons. The second kappa shape index (κ2) is 6.95. The van der Waals surface area contributed by atoms with Crippen molar-refractivity contribution in [3.63, 3.8) is 0 Å². The maximum absolute atomic E-state index is 17.2. The number of aliphatic hydroxyl groups excluding tert-OH is 2. The molecule has 1 aromatic heterocycles. The van der Waals surface area contributed by atoms with E-state index in [-0.39, 0.29) is 24.2 Å². The Hall–Kier alpha value is -1.87. The van der Waals surface area contributed by atoms with Crippen LogP contribution < -0.4 is 0 Å². The number of halogens is 2. The number of likely N-dealkylation sites (N-methyl/N-ethyl adjacent to an activating group) is 1. The average Bonchev–Trinajstić information content (AvgIpc) is 3.54. The highest BCUT2D eigenvalue weighted by molar-refractivity contribution is 5.83. The van der Waals surface area contributed by atoms with Gasteiger partial charge in [0.1, 0.15) is 23.0 Å². The number of ether oxygens (including phenoxy) is 1. The Balaban J connectivity index is 1.30. The minimum absolute atomic E-state index is 0.123. The summed E-state index contributed by atoms with van der Waals surface area (Å²) >= 11 is 0. The summed E-state index contributed by atoms with van der Waals surface area (Å²) in [4.78, 5) is 9.34. The van der Waals surface area contributed by atoms with Crippen LogP contribution in [0.15, 0.2) is 30.6 Å². The van der Waals surface area contributed by atoms with Crippen molar-refractivity contribution in [1.82, 2.24) is 14.9 Å². The highest BCUT2D eigenvalue weighted by atomic mass is 19.2.